The predicted molar refractivity (Wildman–Crippen MR) is 75.7 cm³/mol. The summed E-state index contributed by atoms with van der Waals surface area (Å²) in [6.45, 7) is -0.0418. The van der Waals surface area contributed by atoms with E-state index in [4.69, 9.17) is 21.4 Å². The van der Waals surface area contributed by atoms with Gasteiger partial charge in [0.1, 0.15) is 11.5 Å². The summed E-state index contributed by atoms with van der Waals surface area (Å²) in [7, 11) is 0. The molecule has 3 aromatic rings. The van der Waals surface area contributed by atoms with Crippen LogP contribution < -0.4 is 4.74 Å². The Balaban J connectivity index is 2.01. The Morgan fingerprint density at radius 1 is 1.05 bits per heavy atom. The fraction of sp³-hybridized carbons (Fsp3) is 0.0667. The highest BCUT2D eigenvalue weighted by molar-refractivity contribution is 6.35. The van der Waals surface area contributed by atoms with Crippen molar-refractivity contribution >= 4 is 22.5 Å². The van der Waals surface area contributed by atoms with Crippen LogP contribution in [0, 0.1) is 0 Å². The summed E-state index contributed by atoms with van der Waals surface area (Å²) in [6.07, 6.45) is 0. The van der Waals surface area contributed by atoms with Gasteiger partial charge in [0.15, 0.2) is 0 Å². The lowest BCUT2D eigenvalue weighted by Crippen LogP contribution is -1.84. The maximum Gasteiger partial charge on any atom is 0.131 e. The fourth-order valence-corrected chi connectivity index (χ4v) is 2.26. The average molecular weight is 274 g/mol. The van der Waals surface area contributed by atoms with Crippen LogP contribution in [0.2, 0.25) is 5.02 Å². The molecular formula is C15H12ClNO2. The maximum absolute atomic E-state index is 9.13. The lowest BCUT2D eigenvalue weighted by atomic mass is 10.2. The number of halogens is 1. The molecule has 0 saturated heterocycles. The maximum atomic E-state index is 9.13. The highest BCUT2D eigenvalue weighted by atomic mass is 35.5. The van der Waals surface area contributed by atoms with E-state index in [0.717, 1.165) is 22.3 Å². The van der Waals surface area contributed by atoms with Crippen molar-refractivity contribution in [2.45, 2.75) is 6.61 Å². The standard InChI is InChI=1S/C15H12ClNO2/c16-14-7-12(19-11-4-2-1-3-5-11)8-15-13(14)6-10(9-18)17-15/h1-8,17-18H,9H2. The van der Waals surface area contributed by atoms with E-state index in [1.165, 1.54) is 0 Å². The second kappa shape index (κ2) is 4.96. The third-order valence-electron chi connectivity index (χ3n) is 2.87. The molecule has 3 rings (SSSR count). The number of para-hydroxylation sites is 1. The second-order valence-electron chi connectivity index (χ2n) is 4.23. The van der Waals surface area contributed by atoms with Gasteiger partial charge in [0, 0.05) is 23.2 Å². The molecule has 0 unspecified atom stereocenters. The van der Waals surface area contributed by atoms with Crippen LogP contribution >= 0.6 is 11.6 Å². The first-order chi connectivity index (χ1) is 9.26. The third kappa shape index (κ3) is 2.43. The van der Waals surface area contributed by atoms with Gasteiger partial charge in [-0.05, 0) is 18.2 Å². The number of aliphatic hydroxyl groups excluding tert-OH is 1. The largest absolute Gasteiger partial charge is 0.457 e. The number of nitrogens with one attached hydrogen (secondary N) is 1. The summed E-state index contributed by atoms with van der Waals surface area (Å²) in [5, 5.41) is 10.6. The Morgan fingerprint density at radius 3 is 2.58 bits per heavy atom. The van der Waals surface area contributed by atoms with Crippen molar-refractivity contribution in [2.24, 2.45) is 0 Å². The summed E-state index contributed by atoms with van der Waals surface area (Å²) in [5.74, 6) is 1.42. The molecule has 2 aromatic carbocycles. The van der Waals surface area contributed by atoms with E-state index in [0.29, 0.717) is 10.8 Å². The number of fused-ring (bicyclic) bond motifs is 1. The minimum Gasteiger partial charge on any atom is -0.457 e. The van der Waals surface area contributed by atoms with Gasteiger partial charge in [-0.3, -0.25) is 0 Å². The fourth-order valence-electron chi connectivity index (χ4n) is 2.00. The van der Waals surface area contributed by atoms with Crippen molar-refractivity contribution in [3.8, 4) is 11.5 Å². The molecule has 0 atom stereocenters. The van der Waals surface area contributed by atoms with Crippen LogP contribution in [0.5, 0.6) is 11.5 Å². The number of ether oxygens (including phenoxy) is 1. The molecule has 4 heteroatoms. The van der Waals surface area contributed by atoms with Crippen LogP contribution in [0.4, 0.5) is 0 Å². The van der Waals surface area contributed by atoms with Crippen LogP contribution in [0.25, 0.3) is 10.9 Å². The van der Waals surface area contributed by atoms with Crippen molar-refractivity contribution in [1.29, 1.82) is 0 Å². The predicted octanol–water partition coefficient (Wildman–Crippen LogP) is 4.11. The number of H-pyrrole nitrogens is 1. The summed E-state index contributed by atoms with van der Waals surface area (Å²) in [6, 6.07) is 15.0. The van der Waals surface area contributed by atoms with Crippen LogP contribution in [0.3, 0.4) is 0 Å². The quantitative estimate of drug-likeness (QED) is 0.754. The molecule has 0 saturated carbocycles. The Hall–Kier alpha value is -1.97. The van der Waals surface area contributed by atoms with Crippen molar-refractivity contribution in [1.82, 2.24) is 4.98 Å². The van der Waals surface area contributed by atoms with E-state index < -0.39 is 0 Å². The molecule has 0 spiro atoms. The molecule has 2 N–H and O–H groups in total. The highest BCUT2D eigenvalue weighted by Crippen LogP contribution is 2.32. The zero-order valence-corrected chi connectivity index (χ0v) is 10.8. The molecule has 1 aromatic heterocycles. The van der Waals surface area contributed by atoms with Crippen LogP contribution in [0.1, 0.15) is 5.69 Å². The lowest BCUT2D eigenvalue weighted by Gasteiger charge is -2.06. The van der Waals surface area contributed by atoms with Gasteiger partial charge >= 0.3 is 0 Å². The SMILES string of the molecule is OCc1cc2c(Cl)cc(Oc3ccccc3)cc2[nH]1. The molecule has 0 fully saturated rings. The number of hydrogen-bond donors (Lipinski definition) is 2. The number of rotatable bonds is 3. The van der Waals surface area contributed by atoms with E-state index in [9.17, 15) is 0 Å². The molecule has 0 radical (unpaired) electrons. The molecule has 96 valence electrons. The number of aromatic nitrogens is 1. The van der Waals surface area contributed by atoms with Gasteiger partial charge in [-0.1, -0.05) is 29.8 Å². The van der Waals surface area contributed by atoms with E-state index in [2.05, 4.69) is 4.98 Å². The second-order valence-corrected chi connectivity index (χ2v) is 4.64. The van der Waals surface area contributed by atoms with Crippen molar-refractivity contribution in [3.63, 3.8) is 0 Å². The monoisotopic (exact) mass is 273 g/mol. The molecule has 0 bridgehead atoms. The van der Waals surface area contributed by atoms with E-state index in [-0.39, 0.29) is 6.61 Å². The van der Waals surface area contributed by atoms with Gasteiger partial charge < -0.3 is 14.8 Å². The number of benzene rings is 2. The Kier molecular flexibility index (Phi) is 3.15. The Labute approximate surface area is 115 Å². The molecule has 0 aliphatic heterocycles. The first kappa shape index (κ1) is 12.1. The van der Waals surface area contributed by atoms with Gasteiger partial charge in [-0.15, -0.1) is 0 Å². The first-order valence-electron chi connectivity index (χ1n) is 5.91. The molecule has 0 aliphatic carbocycles. The van der Waals surface area contributed by atoms with Gasteiger partial charge in [-0.25, -0.2) is 0 Å². The Bertz CT molecular complexity index is 707. The smallest absolute Gasteiger partial charge is 0.131 e. The van der Waals surface area contributed by atoms with Gasteiger partial charge in [0.2, 0.25) is 0 Å². The van der Waals surface area contributed by atoms with E-state index in [1.807, 2.05) is 42.5 Å². The van der Waals surface area contributed by atoms with Crippen molar-refractivity contribution in [3.05, 3.63) is 59.2 Å². The Morgan fingerprint density at radius 2 is 1.84 bits per heavy atom. The molecule has 1 heterocycles. The molecule has 0 amide bonds. The van der Waals surface area contributed by atoms with Gasteiger partial charge in [-0.2, -0.15) is 0 Å². The average Bonchev–Trinajstić information content (AvgIpc) is 2.83. The summed E-state index contributed by atoms with van der Waals surface area (Å²) < 4.78 is 5.74. The summed E-state index contributed by atoms with van der Waals surface area (Å²) >= 11 is 6.22. The molecule has 3 nitrogen and oxygen atoms in total. The number of hydrogen-bond acceptors (Lipinski definition) is 2. The van der Waals surface area contributed by atoms with Crippen molar-refractivity contribution < 1.29 is 9.84 Å². The zero-order chi connectivity index (χ0) is 13.2. The minimum atomic E-state index is -0.0418. The summed E-state index contributed by atoms with van der Waals surface area (Å²) in [4.78, 5) is 3.10. The topological polar surface area (TPSA) is 45.2 Å². The minimum absolute atomic E-state index is 0.0418. The van der Waals surface area contributed by atoms with E-state index >= 15 is 0 Å². The zero-order valence-electron chi connectivity index (χ0n) is 10.1. The van der Waals surface area contributed by atoms with Crippen LogP contribution in [-0.2, 0) is 6.61 Å². The van der Waals surface area contributed by atoms with Crippen LogP contribution in [0.15, 0.2) is 48.5 Å². The lowest BCUT2D eigenvalue weighted by molar-refractivity contribution is 0.278. The number of aliphatic hydroxyl groups is 1. The molecular weight excluding hydrogens is 262 g/mol. The van der Waals surface area contributed by atoms with Gasteiger partial charge in [0.25, 0.3) is 0 Å². The van der Waals surface area contributed by atoms with E-state index in [1.54, 1.807) is 6.07 Å². The van der Waals surface area contributed by atoms with Gasteiger partial charge in [0.05, 0.1) is 17.1 Å². The number of aromatic amines is 1. The highest BCUT2D eigenvalue weighted by Gasteiger charge is 2.07. The third-order valence-corrected chi connectivity index (χ3v) is 3.18. The molecule has 0 aliphatic rings. The van der Waals surface area contributed by atoms with Crippen LogP contribution in [-0.4, -0.2) is 10.1 Å². The normalized spacial score (nSPS) is 10.8. The van der Waals surface area contributed by atoms with Crippen molar-refractivity contribution in [2.75, 3.05) is 0 Å². The summed E-state index contributed by atoms with van der Waals surface area (Å²) in [5.41, 5.74) is 1.58. The first-order valence-corrected chi connectivity index (χ1v) is 6.29. The molecule has 19 heavy (non-hydrogen) atoms.